The molecule has 0 aliphatic rings. The molecule has 94 valence electrons. The van der Waals surface area contributed by atoms with Gasteiger partial charge in [-0.3, -0.25) is 4.79 Å². The van der Waals surface area contributed by atoms with Crippen molar-refractivity contribution in [1.82, 2.24) is 0 Å². The predicted octanol–water partition coefficient (Wildman–Crippen LogP) is 1.78. The molecule has 0 aliphatic carbocycles. The number of hydrogen-bond donors (Lipinski definition) is 2. The number of phenolic OH excluding ortho intramolecular Hbond substituents is 1. The van der Waals surface area contributed by atoms with Gasteiger partial charge in [0.1, 0.15) is 11.8 Å². The highest BCUT2D eigenvalue weighted by atomic mass is 16.5. The maximum absolute atomic E-state index is 11.3. The number of para-hydroxylation sites is 1. The third-order valence-corrected chi connectivity index (χ3v) is 2.91. The number of carbonyl (C=O) groups excluding carboxylic acids is 1. The van der Waals surface area contributed by atoms with Crippen molar-refractivity contribution in [3.05, 3.63) is 29.8 Å². The molecule has 17 heavy (non-hydrogen) atoms. The van der Waals surface area contributed by atoms with Crippen LogP contribution in [-0.4, -0.2) is 24.2 Å². The minimum Gasteiger partial charge on any atom is -0.508 e. The summed E-state index contributed by atoms with van der Waals surface area (Å²) >= 11 is 0. The average Bonchev–Trinajstić information content (AvgIpc) is 2.35. The van der Waals surface area contributed by atoms with Crippen LogP contribution in [0.3, 0.4) is 0 Å². The second kappa shape index (κ2) is 6.25. The van der Waals surface area contributed by atoms with Gasteiger partial charge in [0.25, 0.3) is 0 Å². The molecule has 1 aromatic rings. The van der Waals surface area contributed by atoms with Crippen molar-refractivity contribution in [2.45, 2.75) is 31.7 Å². The van der Waals surface area contributed by atoms with E-state index in [1.807, 2.05) is 19.1 Å². The minimum atomic E-state index is -0.649. The highest BCUT2D eigenvalue weighted by molar-refractivity contribution is 5.75. The van der Waals surface area contributed by atoms with Gasteiger partial charge in [0.15, 0.2) is 0 Å². The Labute approximate surface area is 101 Å². The lowest BCUT2D eigenvalue weighted by Gasteiger charge is -2.19. The van der Waals surface area contributed by atoms with E-state index >= 15 is 0 Å². The Hall–Kier alpha value is -1.55. The van der Waals surface area contributed by atoms with Gasteiger partial charge in [0.2, 0.25) is 0 Å². The highest BCUT2D eigenvalue weighted by Crippen LogP contribution is 2.31. The molecule has 2 unspecified atom stereocenters. The molecule has 0 radical (unpaired) electrons. The predicted molar refractivity (Wildman–Crippen MR) is 65.7 cm³/mol. The van der Waals surface area contributed by atoms with E-state index in [1.54, 1.807) is 12.1 Å². The molecule has 4 nitrogen and oxygen atoms in total. The van der Waals surface area contributed by atoms with Gasteiger partial charge in [0.05, 0.1) is 7.11 Å². The zero-order valence-corrected chi connectivity index (χ0v) is 10.2. The van der Waals surface area contributed by atoms with Crippen LogP contribution in [0.5, 0.6) is 5.75 Å². The van der Waals surface area contributed by atoms with Crippen molar-refractivity contribution in [2.24, 2.45) is 5.73 Å². The Morgan fingerprint density at radius 2 is 2.12 bits per heavy atom. The van der Waals surface area contributed by atoms with Gasteiger partial charge < -0.3 is 15.6 Å². The Kier molecular flexibility index (Phi) is 4.97. The normalized spacial score (nSPS) is 14.1. The summed E-state index contributed by atoms with van der Waals surface area (Å²) in [6, 6.07) is 6.48. The first-order chi connectivity index (χ1) is 8.10. The minimum absolute atomic E-state index is 0.0605. The number of phenols is 1. The van der Waals surface area contributed by atoms with Gasteiger partial charge in [-0.15, -0.1) is 0 Å². The number of esters is 1. The first kappa shape index (κ1) is 13.5. The van der Waals surface area contributed by atoms with Crippen LogP contribution in [0.4, 0.5) is 0 Å². The zero-order chi connectivity index (χ0) is 12.8. The van der Waals surface area contributed by atoms with E-state index in [1.165, 1.54) is 7.11 Å². The summed E-state index contributed by atoms with van der Waals surface area (Å²) in [6.07, 6.45) is 1.28. The number of ether oxygens (including phenoxy) is 1. The van der Waals surface area contributed by atoms with E-state index in [-0.39, 0.29) is 11.7 Å². The van der Waals surface area contributed by atoms with Crippen molar-refractivity contribution in [1.29, 1.82) is 0 Å². The van der Waals surface area contributed by atoms with E-state index in [9.17, 15) is 9.90 Å². The van der Waals surface area contributed by atoms with Gasteiger partial charge in [-0.2, -0.15) is 0 Å². The first-order valence-electron chi connectivity index (χ1n) is 5.71. The molecular weight excluding hydrogens is 218 g/mol. The quantitative estimate of drug-likeness (QED) is 0.766. The molecule has 0 bridgehead atoms. The van der Waals surface area contributed by atoms with E-state index < -0.39 is 12.0 Å². The zero-order valence-electron chi connectivity index (χ0n) is 10.2. The molecule has 0 saturated carbocycles. The molecule has 0 spiro atoms. The van der Waals surface area contributed by atoms with Gasteiger partial charge in [0, 0.05) is 0 Å². The summed E-state index contributed by atoms with van der Waals surface area (Å²) in [4.78, 5) is 11.3. The van der Waals surface area contributed by atoms with Crippen LogP contribution in [0, 0.1) is 0 Å². The maximum atomic E-state index is 11.3. The number of hydrogen-bond acceptors (Lipinski definition) is 4. The van der Waals surface area contributed by atoms with Crippen molar-refractivity contribution < 1.29 is 14.6 Å². The lowest BCUT2D eigenvalue weighted by atomic mass is 9.89. The van der Waals surface area contributed by atoms with E-state index in [0.29, 0.717) is 6.42 Å². The standard InChI is InChI=1S/C13H19NO3/c1-3-9(8-11(14)13(16)17-2)10-6-4-5-7-12(10)15/h4-7,9,11,15H,3,8,14H2,1-2H3. The van der Waals surface area contributed by atoms with E-state index in [4.69, 9.17) is 5.73 Å². The SMILES string of the molecule is CCC(CC(N)C(=O)OC)c1ccccc1O. The Morgan fingerprint density at radius 1 is 1.47 bits per heavy atom. The fraction of sp³-hybridized carbons (Fsp3) is 0.462. The third kappa shape index (κ3) is 3.46. The molecule has 4 heteroatoms. The number of carbonyl (C=O) groups is 1. The molecule has 3 N–H and O–H groups in total. The third-order valence-electron chi connectivity index (χ3n) is 2.91. The first-order valence-corrected chi connectivity index (χ1v) is 5.71. The van der Waals surface area contributed by atoms with Crippen LogP contribution in [0.2, 0.25) is 0 Å². The van der Waals surface area contributed by atoms with E-state index in [2.05, 4.69) is 4.74 Å². The van der Waals surface area contributed by atoms with Crippen LogP contribution >= 0.6 is 0 Å². The molecule has 0 aromatic heterocycles. The second-order valence-electron chi connectivity index (χ2n) is 4.03. The molecule has 0 saturated heterocycles. The van der Waals surface area contributed by atoms with Crippen molar-refractivity contribution in [2.75, 3.05) is 7.11 Å². The number of nitrogens with two attached hydrogens (primary N) is 1. The molecule has 0 aliphatic heterocycles. The summed E-state index contributed by atoms with van der Waals surface area (Å²) in [7, 11) is 1.32. The van der Waals surface area contributed by atoms with Crippen molar-refractivity contribution in [3.8, 4) is 5.75 Å². The topological polar surface area (TPSA) is 72.6 Å². The molecule has 0 fully saturated rings. The van der Waals surface area contributed by atoms with Crippen LogP contribution in [0.1, 0.15) is 31.2 Å². The lowest BCUT2D eigenvalue weighted by Crippen LogP contribution is -2.33. The van der Waals surface area contributed by atoms with Crippen LogP contribution in [-0.2, 0) is 9.53 Å². The molecule has 1 rings (SSSR count). The highest BCUT2D eigenvalue weighted by Gasteiger charge is 2.21. The number of aromatic hydroxyl groups is 1. The molecule has 2 atom stereocenters. The van der Waals surface area contributed by atoms with Crippen molar-refractivity contribution >= 4 is 5.97 Å². The fourth-order valence-corrected chi connectivity index (χ4v) is 1.90. The fourth-order valence-electron chi connectivity index (χ4n) is 1.90. The van der Waals surface area contributed by atoms with Crippen LogP contribution in [0.15, 0.2) is 24.3 Å². The molecular formula is C13H19NO3. The number of benzene rings is 1. The number of methoxy groups -OCH3 is 1. The summed E-state index contributed by atoms with van der Waals surface area (Å²) in [5, 5.41) is 9.76. The summed E-state index contributed by atoms with van der Waals surface area (Å²) in [5.74, 6) is -0.111. The van der Waals surface area contributed by atoms with E-state index in [0.717, 1.165) is 12.0 Å². The number of rotatable bonds is 5. The Bertz CT molecular complexity index is 379. The average molecular weight is 237 g/mol. The second-order valence-corrected chi connectivity index (χ2v) is 4.03. The lowest BCUT2D eigenvalue weighted by molar-refractivity contribution is -0.142. The monoisotopic (exact) mass is 237 g/mol. The summed E-state index contributed by atoms with van der Waals surface area (Å²) in [5.41, 5.74) is 6.56. The smallest absolute Gasteiger partial charge is 0.322 e. The van der Waals surface area contributed by atoms with Crippen LogP contribution in [0.25, 0.3) is 0 Å². The molecule has 0 amide bonds. The summed E-state index contributed by atoms with van der Waals surface area (Å²) in [6.45, 7) is 2.00. The van der Waals surface area contributed by atoms with Crippen LogP contribution < -0.4 is 5.73 Å². The molecule has 1 aromatic carbocycles. The van der Waals surface area contributed by atoms with Gasteiger partial charge in [-0.1, -0.05) is 25.1 Å². The van der Waals surface area contributed by atoms with Crippen molar-refractivity contribution in [3.63, 3.8) is 0 Å². The Morgan fingerprint density at radius 3 is 2.65 bits per heavy atom. The Balaban J connectivity index is 2.79. The van der Waals surface area contributed by atoms with Gasteiger partial charge >= 0.3 is 5.97 Å². The maximum Gasteiger partial charge on any atom is 0.322 e. The summed E-state index contributed by atoms with van der Waals surface area (Å²) < 4.78 is 4.60. The molecule has 0 heterocycles. The van der Waals surface area contributed by atoms with Gasteiger partial charge in [-0.25, -0.2) is 0 Å². The van der Waals surface area contributed by atoms with Gasteiger partial charge in [-0.05, 0) is 30.4 Å². The largest absolute Gasteiger partial charge is 0.508 e.